The molecule has 0 atom stereocenters. The van der Waals surface area contributed by atoms with Crippen LogP contribution in [0.4, 0.5) is 4.39 Å². The van der Waals surface area contributed by atoms with Crippen LogP contribution in [0.3, 0.4) is 0 Å². The normalized spacial score (nSPS) is 15.9. The van der Waals surface area contributed by atoms with Gasteiger partial charge < -0.3 is 4.90 Å². The van der Waals surface area contributed by atoms with Crippen LogP contribution in [0.25, 0.3) is 0 Å². The first-order chi connectivity index (χ1) is 12.3. The van der Waals surface area contributed by atoms with Crippen LogP contribution < -0.4 is 0 Å². The molecule has 1 amide bonds. The molecule has 0 unspecified atom stereocenters. The molecule has 0 saturated carbocycles. The number of carbonyl (C=O) groups excluding carboxylic acids is 1. The van der Waals surface area contributed by atoms with Crippen molar-refractivity contribution in [3.05, 3.63) is 63.9 Å². The zero-order chi connectivity index (χ0) is 18.9. The number of piperazine rings is 1. The molecule has 9 heteroatoms. The molecule has 26 heavy (non-hydrogen) atoms. The van der Waals surface area contributed by atoms with Gasteiger partial charge in [0.15, 0.2) is 0 Å². The van der Waals surface area contributed by atoms with Gasteiger partial charge in [0.05, 0.1) is 10.6 Å². The number of carbonyl (C=O) groups is 1. The second kappa shape index (κ2) is 7.52. The zero-order valence-corrected chi connectivity index (χ0v) is 15.9. The van der Waals surface area contributed by atoms with Crippen LogP contribution in [0.5, 0.6) is 0 Å². The zero-order valence-electron chi connectivity index (χ0n) is 13.5. The Hall–Kier alpha value is -1.67. The number of benzene rings is 2. The van der Waals surface area contributed by atoms with Crippen LogP contribution in [0.2, 0.25) is 10.0 Å². The molecule has 1 heterocycles. The molecule has 5 nitrogen and oxygen atoms in total. The number of sulfonamides is 1. The van der Waals surface area contributed by atoms with Crippen molar-refractivity contribution in [1.29, 1.82) is 0 Å². The molecule has 138 valence electrons. The predicted molar refractivity (Wildman–Crippen MR) is 97.5 cm³/mol. The molecule has 0 spiro atoms. The highest BCUT2D eigenvalue weighted by Gasteiger charge is 2.32. The molecule has 0 bridgehead atoms. The van der Waals surface area contributed by atoms with Gasteiger partial charge in [-0.15, -0.1) is 0 Å². The van der Waals surface area contributed by atoms with Gasteiger partial charge in [-0.2, -0.15) is 4.31 Å². The highest BCUT2D eigenvalue weighted by molar-refractivity contribution is 7.89. The first-order valence-corrected chi connectivity index (χ1v) is 9.99. The van der Waals surface area contributed by atoms with E-state index in [2.05, 4.69) is 0 Å². The Morgan fingerprint density at radius 2 is 1.65 bits per heavy atom. The number of hydrogen-bond donors (Lipinski definition) is 0. The Balaban J connectivity index is 1.75. The molecular formula is C17H15Cl2FN2O3S. The van der Waals surface area contributed by atoms with Gasteiger partial charge in [0.1, 0.15) is 10.7 Å². The average molecular weight is 417 g/mol. The minimum atomic E-state index is -3.83. The lowest BCUT2D eigenvalue weighted by molar-refractivity contribution is 0.0693. The Bertz CT molecular complexity index is 945. The topological polar surface area (TPSA) is 57.7 Å². The summed E-state index contributed by atoms with van der Waals surface area (Å²) in [5, 5.41) is 0.348. The summed E-state index contributed by atoms with van der Waals surface area (Å²) in [7, 11) is -3.83. The van der Waals surface area contributed by atoms with E-state index < -0.39 is 21.7 Å². The van der Waals surface area contributed by atoms with Gasteiger partial charge in [-0.1, -0.05) is 35.3 Å². The van der Waals surface area contributed by atoms with Crippen LogP contribution >= 0.6 is 23.2 Å². The average Bonchev–Trinajstić information content (AvgIpc) is 2.63. The quantitative estimate of drug-likeness (QED) is 0.771. The van der Waals surface area contributed by atoms with Gasteiger partial charge in [0, 0.05) is 31.2 Å². The van der Waals surface area contributed by atoms with E-state index in [0.717, 1.165) is 0 Å². The molecule has 1 aliphatic rings. The molecule has 1 aliphatic heterocycles. The van der Waals surface area contributed by atoms with Gasteiger partial charge in [0.2, 0.25) is 10.0 Å². The summed E-state index contributed by atoms with van der Waals surface area (Å²) in [6.07, 6.45) is 0. The van der Waals surface area contributed by atoms with E-state index in [1.807, 2.05) is 0 Å². The van der Waals surface area contributed by atoms with Crippen molar-refractivity contribution >= 4 is 39.1 Å². The summed E-state index contributed by atoms with van der Waals surface area (Å²) in [5.41, 5.74) is -0.0262. The molecule has 0 N–H and O–H groups in total. The fourth-order valence-corrected chi connectivity index (χ4v) is 4.91. The maximum absolute atomic E-state index is 13.8. The summed E-state index contributed by atoms with van der Waals surface area (Å²) in [4.78, 5) is 13.8. The van der Waals surface area contributed by atoms with Crippen LogP contribution in [-0.4, -0.2) is 49.7 Å². The van der Waals surface area contributed by atoms with E-state index in [4.69, 9.17) is 23.2 Å². The lowest BCUT2D eigenvalue weighted by Gasteiger charge is -2.34. The lowest BCUT2D eigenvalue weighted by atomic mass is 10.1. The van der Waals surface area contributed by atoms with Gasteiger partial charge in [-0.25, -0.2) is 12.8 Å². The van der Waals surface area contributed by atoms with Crippen molar-refractivity contribution in [2.24, 2.45) is 0 Å². The van der Waals surface area contributed by atoms with Crippen molar-refractivity contribution in [3.8, 4) is 0 Å². The monoisotopic (exact) mass is 416 g/mol. The minimum absolute atomic E-state index is 0.0262. The van der Waals surface area contributed by atoms with Gasteiger partial charge in [-0.3, -0.25) is 4.79 Å². The SMILES string of the molecule is O=C(c1ccccc1F)N1CCN(S(=O)(=O)c2cc(Cl)ccc2Cl)CC1. The lowest BCUT2D eigenvalue weighted by Crippen LogP contribution is -2.50. The maximum atomic E-state index is 13.8. The molecule has 1 saturated heterocycles. The molecule has 2 aromatic rings. The van der Waals surface area contributed by atoms with E-state index in [1.54, 1.807) is 6.07 Å². The summed E-state index contributed by atoms with van der Waals surface area (Å²) in [6.45, 7) is 0.492. The molecule has 0 radical (unpaired) electrons. The Kier molecular flexibility index (Phi) is 5.53. The van der Waals surface area contributed by atoms with Gasteiger partial charge in [-0.05, 0) is 30.3 Å². The van der Waals surface area contributed by atoms with Crippen LogP contribution in [0.15, 0.2) is 47.4 Å². The predicted octanol–water partition coefficient (Wildman–Crippen LogP) is 3.28. The van der Waals surface area contributed by atoms with Crippen LogP contribution in [-0.2, 0) is 10.0 Å². The third-order valence-electron chi connectivity index (χ3n) is 4.14. The smallest absolute Gasteiger partial charge is 0.256 e. The Morgan fingerprint density at radius 3 is 2.31 bits per heavy atom. The number of hydrogen-bond acceptors (Lipinski definition) is 3. The molecule has 1 fully saturated rings. The maximum Gasteiger partial charge on any atom is 0.256 e. The first kappa shape index (κ1) is 19.1. The highest BCUT2D eigenvalue weighted by Crippen LogP contribution is 2.28. The third kappa shape index (κ3) is 3.71. The van der Waals surface area contributed by atoms with Crippen LogP contribution in [0.1, 0.15) is 10.4 Å². The van der Waals surface area contributed by atoms with Gasteiger partial charge in [0.25, 0.3) is 5.91 Å². The summed E-state index contributed by atoms with van der Waals surface area (Å²) < 4.78 is 40.6. The third-order valence-corrected chi connectivity index (χ3v) is 6.76. The molecule has 3 rings (SSSR count). The van der Waals surface area contributed by atoms with Crippen molar-refractivity contribution in [2.75, 3.05) is 26.2 Å². The minimum Gasteiger partial charge on any atom is -0.336 e. The van der Waals surface area contributed by atoms with E-state index >= 15 is 0 Å². The molecule has 0 aliphatic carbocycles. The van der Waals surface area contributed by atoms with Crippen molar-refractivity contribution < 1.29 is 17.6 Å². The Labute approximate surface area is 161 Å². The second-order valence-corrected chi connectivity index (χ2v) is 8.50. The van der Waals surface area contributed by atoms with Gasteiger partial charge >= 0.3 is 0 Å². The van der Waals surface area contributed by atoms with Crippen molar-refractivity contribution in [2.45, 2.75) is 4.90 Å². The summed E-state index contributed by atoms with van der Waals surface area (Å²) >= 11 is 11.9. The van der Waals surface area contributed by atoms with Crippen molar-refractivity contribution in [3.63, 3.8) is 0 Å². The standard InChI is InChI=1S/C17H15Cl2FN2O3S/c18-12-5-6-14(19)16(11-12)26(24,25)22-9-7-21(8-10-22)17(23)13-3-1-2-4-15(13)20/h1-6,11H,7-10H2. The van der Waals surface area contributed by atoms with Crippen LogP contribution in [0, 0.1) is 5.82 Å². The summed E-state index contributed by atoms with van der Waals surface area (Å²) in [6, 6.07) is 9.95. The number of rotatable bonds is 3. The largest absolute Gasteiger partial charge is 0.336 e. The van der Waals surface area contributed by atoms with E-state index in [9.17, 15) is 17.6 Å². The second-order valence-electron chi connectivity index (χ2n) is 5.75. The molecular weight excluding hydrogens is 402 g/mol. The molecule has 2 aromatic carbocycles. The number of amides is 1. The van der Waals surface area contributed by atoms with Crippen molar-refractivity contribution in [1.82, 2.24) is 9.21 Å². The first-order valence-electron chi connectivity index (χ1n) is 7.80. The van der Waals surface area contributed by atoms with E-state index in [0.29, 0.717) is 0 Å². The molecule has 0 aromatic heterocycles. The van der Waals surface area contributed by atoms with E-state index in [1.165, 1.54) is 45.6 Å². The van der Waals surface area contributed by atoms with E-state index in [-0.39, 0.29) is 46.7 Å². The number of nitrogens with zero attached hydrogens (tertiary/aromatic N) is 2. The fraction of sp³-hybridized carbons (Fsp3) is 0.235. The highest BCUT2D eigenvalue weighted by atomic mass is 35.5. The Morgan fingerprint density at radius 1 is 1.00 bits per heavy atom. The fourth-order valence-electron chi connectivity index (χ4n) is 2.75. The number of halogens is 3. The summed E-state index contributed by atoms with van der Waals surface area (Å²) in [5.74, 6) is -1.06.